The fourth-order valence-electron chi connectivity index (χ4n) is 2.50. The first-order valence-corrected chi connectivity index (χ1v) is 9.48. The highest BCUT2D eigenvalue weighted by Crippen LogP contribution is 2.23. The van der Waals surface area contributed by atoms with Gasteiger partial charge in [0.2, 0.25) is 10.0 Å². The fraction of sp³-hybridized carbons (Fsp3) is 0.278. The van der Waals surface area contributed by atoms with Gasteiger partial charge in [-0.25, -0.2) is 8.42 Å². The van der Waals surface area contributed by atoms with Gasteiger partial charge >= 0.3 is 5.97 Å². The van der Waals surface area contributed by atoms with Crippen molar-refractivity contribution < 1.29 is 18.3 Å². The molecule has 0 bridgehead atoms. The Labute approximate surface area is 152 Å². The average Bonchev–Trinajstić information content (AvgIpc) is 2.55. The van der Waals surface area contributed by atoms with Gasteiger partial charge in [-0.2, -0.15) is 4.31 Å². The molecule has 0 spiro atoms. The van der Waals surface area contributed by atoms with Crippen LogP contribution in [0.4, 0.5) is 0 Å². The van der Waals surface area contributed by atoms with Crippen LogP contribution in [0.25, 0.3) is 0 Å². The Morgan fingerprint density at radius 3 is 2.32 bits per heavy atom. The summed E-state index contributed by atoms with van der Waals surface area (Å²) in [5, 5.41) is 10.1. The molecule has 0 aromatic heterocycles. The smallest absolute Gasteiger partial charge is 0.322 e. The van der Waals surface area contributed by atoms with Crippen LogP contribution in [0.2, 0.25) is 5.02 Å². The summed E-state index contributed by atoms with van der Waals surface area (Å²) in [7, 11) is -2.64. The Morgan fingerprint density at radius 2 is 1.76 bits per heavy atom. The first-order chi connectivity index (χ1) is 11.6. The molecule has 2 aromatic rings. The van der Waals surface area contributed by atoms with Crippen molar-refractivity contribution in [1.29, 1.82) is 0 Å². The molecule has 0 saturated heterocycles. The van der Waals surface area contributed by atoms with Crippen molar-refractivity contribution in [3.63, 3.8) is 0 Å². The number of benzene rings is 2. The number of aliphatic carboxylic acids is 1. The minimum atomic E-state index is -3.92. The van der Waals surface area contributed by atoms with Gasteiger partial charge < -0.3 is 5.11 Å². The molecule has 2 aromatic carbocycles. The second-order valence-corrected chi connectivity index (χ2v) is 8.32. The minimum Gasteiger partial charge on any atom is -0.480 e. The SMILES string of the molecule is Cc1ccc(S(=O)(=O)N(C)[C@@H](Cc2cccc(Cl)c2C)C(=O)O)cc1. The van der Waals surface area contributed by atoms with Gasteiger partial charge in [0.05, 0.1) is 4.90 Å². The highest BCUT2D eigenvalue weighted by atomic mass is 35.5. The lowest BCUT2D eigenvalue weighted by Crippen LogP contribution is -2.43. The van der Waals surface area contributed by atoms with E-state index in [-0.39, 0.29) is 11.3 Å². The third-order valence-corrected chi connectivity index (χ3v) is 6.51. The van der Waals surface area contributed by atoms with E-state index in [0.29, 0.717) is 10.6 Å². The van der Waals surface area contributed by atoms with Crippen LogP contribution in [-0.4, -0.2) is 36.9 Å². The standard InChI is InChI=1S/C18H20ClNO4S/c1-12-7-9-15(10-8-12)25(23,24)20(3)17(18(21)22)11-14-5-4-6-16(19)13(14)2/h4-10,17H,11H2,1-3H3,(H,21,22)/t17-/m0/s1. The van der Waals surface area contributed by atoms with Gasteiger partial charge in [0.1, 0.15) is 6.04 Å². The number of sulfonamides is 1. The molecular formula is C18H20ClNO4S. The van der Waals surface area contributed by atoms with Gasteiger partial charge in [-0.3, -0.25) is 4.79 Å². The molecule has 0 unspecified atom stereocenters. The molecule has 0 amide bonds. The summed E-state index contributed by atoms with van der Waals surface area (Å²) in [4.78, 5) is 11.8. The first kappa shape index (κ1) is 19.4. The Morgan fingerprint density at radius 1 is 1.16 bits per heavy atom. The number of hydrogen-bond donors (Lipinski definition) is 1. The molecule has 5 nitrogen and oxygen atoms in total. The number of hydrogen-bond acceptors (Lipinski definition) is 3. The lowest BCUT2D eigenvalue weighted by molar-refractivity contribution is -0.141. The van der Waals surface area contributed by atoms with E-state index < -0.39 is 22.0 Å². The Kier molecular flexibility index (Phi) is 5.87. The van der Waals surface area contributed by atoms with Gasteiger partial charge in [0, 0.05) is 18.5 Å². The van der Waals surface area contributed by atoms with E-state index in [1.807, 2.05) is 6.92 Å². The number of carbonyl (C=O) groups is 1. The van der Waals surface area contributed by atoms with E-state index in [0.717, 1.165) is 15.4 Å². The van der Waals surface area contributed by atoms with Crippen LogP contribution in [0.15, 0.2) is 47.4 Å². The molecule has 0 aliphatic heterocycles. The van der Waals surface area contributed by atoms with E-state index in [1.54, 1.807) is 37.3 Å². The van der Waals surface area contributed by atoms with Crippen molar-refractivity contribution in [3.05, 3.63) is 64.2 Å². The highest BCUT2D eigenvalue weighted by Gasteiger charge is 2.33. The van der Waals surface area contributed by atoms with Crippen molar-refractivity contribution >= 4 is 27.6 Å². The number of halogens is 1. The van der Waals surface area contributed by atoms with Crippen LogP contribution in [0.1, 0.15) is 16.7 Å². The summed E-state index contributed by atoms with van der Waals surface area (Å²) in [6.07, 6.45) is 0.0311. The lowest BCUT2D eigenvalue weighted by Gasteiger charge is -2.25. The molecule has 0 fully saturated rings. The van der Waals surface area contributed by atoms with Crippen LogP contribution in [0.3, 0.4) is 0 Å². The number of rotatable bonds is 6. The van der Waals surface area contributed by atoms with E-state index in [4.69, 9.17) is 11.6 Å². The van der Waals surface area contributed by atoms with E-state index >= 15 is 0 Å². The first-order valence-electron chi connectivity index (χ1n) is 7.66. The van der Waals surface area contributed by atoms with Gasteiger partial charge in [0.15, 0.2) is 0 Å². The average molecular weight is 382 g/mol. The van der Waals surface area contributed by atoms with Crippen molar-refractivity contribution in [1.82, 2.24) is 4.31 Å². The topological polar surface area (TPSA) is 74.7 Å². The number of likely N-dealkylation sites (N-methyl/N-ethyl adjacent to an activating group) is 1. The zero-order valence-corrected chi connectivity index (χ0v) is 15.8. The number of carboxylic acid groups (broad SMARTS) is 1. The van der Waals surface area contributed by atoms with E-state index in [1.165, 1.54) is 19.2 Å². The molecule has 0 aliphatic rings. The summed E-state index contributed by atoms with van der Waals surface area (Å²) < 4.78 is 26.4. The van der Waals surface area contributed by atoms with Crippen molar-refractivity contribution in [3.8, 4) is 0 Å². The summed E-state index contributed by atoms with van der Waals surface area (Å²) >= 11 is 6.08. The van der Waals surface area contributed by atoms with Crippen molar-refractivity contribution in [2.45, 2.75) is 31.2 Å². The molecule has 1 N–H and O–H groups in total. The maximum absolute atomic E-state index is 12.8. The van der Waals surface area contributed by atoms with Gasteiger partial charge in [-0.15, -0.1) is 0 Å². The zero-order valence-electron chi connectivity index (χ0n) is 14.2. The number of nitrogens with zero attached hydrogens (tertiary/aromatic N) is 1. The summed E-state index contributed by atoms with van der Waals surface area (Å²) in [5.41, 5.74) is 2.37. The van der Waals surface area contributed by atoms with Gasteiger partial charge in [-0.05, 0) is 43.2 Å². The molecule has 25 heavy (non-hydrogen) atoms. The predicted molar refractivity (Wildman–Crippen MR) is 97.4 cm³/mol. The van der Waals surface area contributed by atoms with E-state index in [9.17, 15) is 18.3 Å². The van der Waals surface area contributed by atoms with Crippen LogP contribution in [-0.2, 0) is 21.2 Å². The second-order valence-electron chi connectivity index (χ2n) is 5.92. The normalized spacial score (nSPS) is 13.0. The van der Waals surface area contributed by atoms with Crippen LogP contribution in [0.5, 0.6) is 0 Å². The maximum Gasteiger partial charge on any atom is 0.322 e. The molecule has 0 saturated carbocycles. The Balaban J connectivity index is 2.37. The summed E-state index contributed by atoms with van der Waals surface area (Å²) in [5.74, 6) is -1.21. The summed E-state index contributed by atoms with van der Waals surface area (Å²) in [6.45, 7) is 3.63. The monoisotopic (exact) mass is 381 g/mol. The quantitative estimate of drug-likeness (QED) is 0.833. The molecular weight excluding hydrogens is 362 g/mol. The van der Waals surface area contributed by atoms with Crippen LogP contribution >= 0.6 is 11.6 Å². The number of carboxylic acids is 1. The van der Waals surface area contributed by atoms with Gasteiger partial charge in [0.25, 0.3) is 0 Å². The highest BCUT2D eigenvalue weighted by molar-refractivity contribution is 7.89. The lowest BCUT2D eigenvalue weighted by atomic mass is 10.0. The molecule has 0 aliphatic carbocycles. The Hall–Kier alpha value is -1.89. The predicted octanol–water partition coefficient (Wildman–Crippen LogP) is 3.27. The van der Waals surface area contributed by atoms with Crippen LogP contribution < -0.4 is 0 Å². The molecule has 0 heterocycles. The minimum absolute atomic E-state index is 0.0311. The Bertz CT molecular complexity index is 878. The van der Waals surface area contributed by atoms with Gasteiger partial charge in [-0.1, -0.05) is 41.4 Å². The van der Waals surface area contributed by atoms with Crippen molar-refractivity contribution in [2.24, 2.45) is 0 Å². The number of aryl methyl sites for hydroxylation is 1. The molecule has 1 atom stereocenters. The largest absolute Gasteiger partial charge is 0.480 e. The molecule has 0 radical (unpaired) electrons. The molecule has 134 valence electrons. The van der Waals surface area contributed by atoms with E-state index in [2.05, 4.69) is 0 Å². The fourth-order valence-corrected chi connectivity index (χ4v) is 4.00. The maximum atomic E-state index is 12.8. The summed E-state index contributed by atoms with van der Waals surface area (Å²) in [6, 6.07) is 10.3. The third kappa shape index (κ3) is 4.21. The molecule has 2 rings (SSSR count). The van der Waals surface area contributed by atoms with Crippen LogP contribution in [0, 0.1) is 13.8 Å². The zero-order chi connectivity index (χ0) is 18.8. The van der Waals surface area contributed by atoms with Crippen molar-refractivity contribution in [2.75, 3.05) is 7.05 Å². The third-order valence-electron chi connectivity index (χ3n) is 4.22. The molecule has 7 heteroatoms. The second kappa shape index (κ2) is 7.56.